The van der Waals surface area contributed by atoms with Crippen LogP contribution < -0.4 is 4.74 Å². The molecule has 1 aliphatic rings. The first kappa shape index (κ1) is 12.0. The largest absolute Gasteiger partial charge is 0.497 e. The van der Waals surface area contributed by atoms with Crippen LogP contribution in [0.25, 0.3) is 5.57 Å². The molecule has 0 bridgehead atoms. The number of rotatable bonds is 4. The summed E-state index contributed by atoms with van der Waals surface area (Å²) in [5.41, 5.74) is 5.85. The van der Waals surface area contributed by atoms with Crippen LogP contribution in [-0.2, 0) is 0 Å². The Morgan fingerprint density at radius 2 is 1.76 bits per heavy atom. The minimum Gasteiger partial charge on any atom is -0.497 e. The van der Waals surface area contributed by atoms with Crippen LogP contribution in [0.5, 0.6) is 5.75 Å². The molecule has 0 spiro atoms. The van der Waals surface area contributed by atoms with Gasteiger partial charge in [0.2, 0.25) is 0 Å². The highest BCUT2D eigenvalue weighted by Gasteiger charge is 2.14. The Morgan fingerprint density at radius 3 is 2.29 bits per heavy atom. The molecule has 0 aliphatic heterocycles. The van der Waals surface area contributed by atoms with Crippen molar-refractivity contribution in [2.45, 2.75) is 33.1 Å². The van der Waals surface area contributed by atoms with Crippen LogP contribution in [0, 0.1) is 0 Å². The van der Waals surface area contributed by atoms with E-state index < -0.39 is 0 Å². The first-order valence-corrected chi connectivity index (χ1v) is 6.34. The Kier molecular flexibility index (Phi) is 3.68. The number of allylic oxidation sites excluding steroid dienone is 4. The maximum atomic E-state index is 5.20. The third-order valence-electron chi connectivity index (χ3n) is 3.45. The second kappa shape index (κ2) is 5.22. The van der Waals surface area contributed by atoms with Crippen molar-refractivity contribution in [1.82, 2.24) is 0 Å². The molecule has 0 heterocycles. The van der Waals surface area contributed by atoms with Gasteiger partial charge in [0.1, 0.15) is 5.75 Å². The highest BCUT2D eigenvalue weighted by molar-refractivity contribution is 5.80. The standard InChI is InChI=1S/C16H20O/c1-4-12-10-13(5-2)16(11-12)14-6-8-15(17-3)9-7-14/h6-9,11H,4-5,10H2,1-3H3. The zero-order valence-electron chi connectivity index (χ0n) is 10.9. The van der Waals surface area contributed by atoms with Gasteiger partial charge in [-0.05, 0) is 42.5 Å². The average Bonchev–Trinajstić information content (AvgIpc) is 2.82. The molecule has 0 unspecified atom stereocenters. The van der Waals surface area contributed by atoms with Crippen molar-refractivity contribution in [3.05, 3.63) is 47.1 Å². The molecule has 1 aliphatic carbocycles. The third-order valence-corrected chi connectivity index (χ3v) is 3.45. The summed E-state index contributed by atoms with van der Waals surface area (Å²) >= 11 is 0. The predicted octanol–water partition coefficient (Wildman–Crippen LogP) is 4.60. The molecule has 90 valence electrons. The molecule has 1 aromatic carbocycles. The van der Waals surface area contributed by atoms with Crippen LogP contribution in [0.3, 0.4) is 0 Å². The van der Waals surface area contributed by atoms with Gasteiger partial charge < -0.3 is 4.74 Å². The fourth-order valence-corrected chi connectivity index (χ4v) is 2.33. The van der Waals surface area contributed by atoms with E-state index >= 15 is 0 Å². The van der Waals surface area contributed by atoms with E-state index in [1.165, 1.54) is 11.1 Å². The fraction of sp³-hybridized carbons (Fsp3) is 0.375. The Labute approximate surface area is 104 Å². The van der Waals surface area contributed by atoms with Crippen molar-refractivity contribution in [3.63, 3.8) is 0 Å². The van der Waals surface area contributed by atoms with Gasteiger partial charge in [-0.1, -0.05) is 43.2 Å². The van der Waals surface area contributed by atoms with Gasteiger partial charge in [0.05, 0.1) is 7.11 Å². The molecule has 17 heavy (non-hydrogen) atoms. The van der Waals surface area contributed by atoms with E-state index in [1.54, 1.807) is 18.3 Å². The molecule has 1 aromatic rings. The molecule has 0 fully saturated rings. The van der Waals surface area contributed by atoms with E-state index in [2.05, 4.69) is 32.1 Å². The Morgan fingerprint density at radius 1 is 1.06 bits per heavy atom. The van der Waals surface area contributed by atoms with Gasteiger partial charge in [-0.15, -0.1) is 0 Å². The predicted molar refractivity (Wildman–Crippen MR) is 73.2 cm³/mol. The number of hydrogen-bond acceptors (Lipinski definition) is 1. The van der Waals surface area contributed by atoms with Crippen LogP contribution in [0.1, 0.15) is 38.7 Å². The molecule has 0 saturated heterocycles. The van der Waals surface area contributed by atoms with Gasteiger partial charge in [-0.3, -0.25) is 0 Å². The summed E-state index contributed by atoms with van der Waals surface area (Å²) in [5.74, 6) is 0.921. The van der Waals surface area contributed by atoms with E-state index in [0.29, 0.717) is 0 Å². The molecule has 0 aromatic heterocycles. The monoisotopic (exact) mass is 228 g/mol. The average molecular weight is 228 g/mol. The fourth-order valence-electron chi connectivity index (χ4n) is 2.33. The first-order chi connectivity index (χ1) is 8.28. The smallest absolute Gasteiger partial charge is 0.118 e. The van der Waals surface area contributed by atoms with E-state index in [1.807, 2.05) is 12.1 Å². The summed E-state index contributed by atoms with van der Waals surface area (Å²) in [7, 11) is 1.70. The van der Waals surface area contributed by atoms with Gasteiger partial charge in [0.25, 0.3) is 0 Å². The Balaban J connectivity index is 2.33. The minimum atomic E-state index is 0.921. The summed E-state index contributed by atoms with van der Waals surface area (Å²) in [6.45, 7) is 4.47. The Bertz CT molecular complexity index is 449. The number of ether oxygens (including phenoxy) is 1. The molecule has 2 rings (SSSR count). The van der Waals surface area contributed by atoms with Gasteiger partial charge >= 0.3 is 0 Å². The molecular weight excluding hydrogens is 208 g/mol. The van der Waals surface area contributed by atoms with Crippen LogP contribution in [0.2, 0.25) is 0 Å². The molecule has 1 nitrogen and oxygen atoms in total. The molecule has 1 heteroatoms. The normalized spacial score (nSPS) is 15.1. The van der Waals surface area contributed by atoms with Crippen molar-refractivity contribution in [2.75, 3.05) is 7.11 Å². The van der Waals surface area contributed by atoms with Gasteiger partial charge in [0.15, 0.2) is 0 Å². The molecule has 0 atom stereocenters. The number of hydrogen-bond donors (Lipinski definition) is 0. The number of methoxy groups -OCH3 is 1. The topological polar surface area (TPSA) is 9.23 Å². The maximum absolute atomic E-state index is 5.20. The van der Waals surface area contributed by atoms with Gasteiger partial charge in [-0.25, -0.2) is 0 Å². The van der Waals surface area contributed by atoms with Crippen LogP contribution >= 0.6 is 0 Å². The molecule has 0 N–H and O–H groups in total. The van der Waals surface area contributed by atoms with Crippen molar-refractivity contribution >= 4 is 5.57 Å². The second-order valence-corrected chi connectivity index (χ2v) is 4.43. The maximum Gasteiger partial charge on any atom is 0.118 e. The van der Waals surface area contributed by atoms with E-state index in [9.17, 15) is 0 Å². The van der Waals surface area contributed by atoms with Crippen molar-refractivity contribution in [1.29, 1.82) is 0 Å². The van der Waals surface area contributed by atoms with Gasteiger partial charge in [-0.2, -0.15) is 0 Å². The zero-order valence-corrected chi connectivity index (χ0v) is 10.9. The quantitative estimate of drug-likeness (QED) is 0.732. The summed E-state index contributed by atoms with van der Waals surface area (Å²) < 4.78 is 5.20. The Hall–Kier alpha value is -1.50. The number of benzene rings is 1. The molecule has 0 radical (unpaired) electrons. The molecular formula is C16H20O. The van der Waals surface area contributed by atoms with Crippen molar-refractivity contribution in [3.8, 4) is 5.75 Å². The van der Waals surface area contributed by atoms with E-state index in [4.69, 9.17) is 4.74 Å². The van der Waals surface area contributed by atoms with E-state index in [0.717, 1.165) is 25.0 Å². The van der Waals surface area contributed by atoms with Crippen LogP contribution in [0.15, 0.2) is 41.5 Å². The second-order valence-electron chi connectivity index (χ2n) is 4.43. The minimum absolute atomic E-state index is 0.921. The highest BCUT2D eigenvalue weighted by atomic mass is 16.5. The van der Waals surface area contributed by atoms with E-state index in [-0.39, 0.29) is 0 Å². The zero-order chi connectivity index (χ0) is 12.3. The van der Waals surface area contributed by atoms with Gasteiger partial charge in [0, 0.05) is 0 Å². The lowest BCUT2D eigenvalue weighted by Gasteiger charge is -2.06. The van der Waals surface area contributed by atoms with Crippen molar-refractivity contribution in [2.24, 2.45) is 0 Å². The van der Waals surface area contributed by atoms with Crippen LogP contribution in [-0.4, -0.2) is 7.11 Å². The van der Waals surface area contributed by atoms with Crippen LogP contribution in [0.4, 0.5) is 0 Å². The lowest BCUT2D eigenvalue weighted by Crippen LogP contribution is -1.86. The summed E-state index contributed by atoms with van der Waals surface area (Å²) in [4.78, 5) is 0. The summed E-state index contributed by atoms with van der Waals surface area (Å²) in [6.07, 6.45) is 5.82. The van der Waals surface area contributed by atoms with Crippen molar-refractivity contribution < 1.29 is 4.74 Å². The lowest BCUT2D eigenvalue weighted by molar-refractivity contribution is 0.415. The highest BCUT2D eigenvalue weighted by Crippen LogP contribution is 2.35. The SMILES string of the molecule is CCC1=CC(c2ccc(OC)cc2)=C(CC)C1. The third kappa shape index (κ3) is 2.44. The molecule has 0 saturated carbocycles. The lowest BCUT2D eigenvalue weighted by atomic mass is 10.0. The summed E-state index contributed by atoms with van der Waals surface area (Å²) in [5, 5.41) is 0. The summed E-state index contributed by atoms with van der Waals surface area (Å²) in [6, 6.07) is 8.37. The molecule has 0 amide bonds. The first-order valence-electron chi connectivity index (χ1n) is 6.34.